The highest BCUT2D eigenvalue weighted by molar-refractivity contribution is 5.78. The van der Waals surface area contributed by atoms with Gasteiger partial charge < -0.3 is 4.74 Å². The van der Waals surface area contributed by atoms with Crippen molar-refractivity contribution in [2.24, 2.45) is 0 Å². The molecule has 0 aromatic heterocycles. The van der Waals surface area contributed by atoms with Crippen molar-refractivity contribution >= 4 is 0 Å². The summed E-state index contributed by atoms with van der Waals surface area (Å²) < 4.78 is 6.63. The van der Waals surface area contributed by atoms with Crippen LogP contribution in [-0.2, 0) is 12.0 Å². The second-order valence-electron chi connectivity index (χ2n) is 6.13. The molecule has 0 N–H and O–H groups in total. The largest absolute Gasteiger partial charge is 0.477 e. The number of benzene rings is 3. The molecule has 1 atom stereocenters. The Kier molecular flexibility index (Phi) is 2.32. The van der Waals surface area contributed by atoms with Crippen molar-refractivity contribution in [1.82, 2.24) is 0 Å². The van der Waals surface area contributed by atoms with Gasteiger partial charge in [-0.3, -0.25) is 0 Å². The van der Waals surface area contributed by atoms with Crippen LogP contribution in [0, 0.1) is 0 Å². The van der Waals surface area contributed by atoms with Crippen LogP contribution in [0.1, 0.15) is 23.1 Å². The van der Waals surface area contributed by atoms with Crippen LogP contribution in [0.3, 0.4) is 0 Å². The number of fused-ring (bicyclic) bond motifs is 6. The molecule has 3 aromatic rings. The molecule has 0 radical (unpaired) electrons. The summed E-state index contributed by atoms with van der Waals surface area (Å²) in [5.74, 6) is 0.998. The Balaban J connectivity index is 1.84. The van der Waals surface area contributed by atoms with E-state index < -0.39 is 0 Å². The Bertz CT molecular complexity index is 880. The van der Waals surface area contributed by atoms with Gasteiger partial charge in [0.05, 0.1) is 0 Å². The SMILES string of the molecule is c1ccc2c(c1)CC[C@@]21Oc2ccccc2-c2ccccc21. The summed E-state index contributed by atoms with van der Waals surface area (Å²) in [5, 5.41) is 0. The molecular weight excluding hydrogens is 268 g/mol. The van der Waals surface area contributed by atoms with E-state index in [4.69, 9.17) is 4.74 Å². The summed E-state index contributed by atoms with van der Waals surface area (Å²) in [6.45, 7) is 0. The van der Waals surface area contributed by atoms with Gasteiger partial charge in [-0.2, -0.15) is 0 Å². The quantitative estimate of drug-likeness (QED) is 0.568. The van der Waals surface area contributed by atoms with E-state index in [-0.39, 0.29) is 5.60 Å². The molecule has 0 amide bonds. The minimum absolute atomic E-state index is 0.318. The zero-order chi connectivity index (χ0) is 14.6. The lowest BCUT2D eigenvalue weighted by Gasteiger charge is -2.38. The van der Waals surface area contributed by atoms with Crippen molar-refractivity contribution < 1.29 is 4.74 Å². The highest BCUT2D eigenvalue weighted by Gasteiger charge is 2.46. The summed E-state index contributed by atoms with van der Waals surface area (Å²) in [6.07, 6.45) is 2.09. The van der Waals surface area contributed by atoms with E-state index in [2.05, 4.69) is 72.8 Å². The first-order chi connectivity index (χ1) is 10.9. The van der Waals surface area contributed by atoms with Gasteiger partial charge in [-0.05, 0) is 30.0 Å². The van der Waals surface area contributed by atoms with E-state index in [1.807, 2.05) is 0 Å². The van der Waals surface area contributed by atoms with Gasteiger partial charge in [0.15, 0.2) is 5.60 Å². The molecular formula is C21H16O. The Morgan fingerprint density at radius 3 is 2.27 bits per heavy atom. The molecule has 106 valence electrons. The monoisotopic (exact) mass is 284 g/mol. The van der Waals surface area contributed by atoms with Crippen molar-refractivity contribution in [2.45, 2.75) is 18.4 Å². The summed E-state index contributed by atoms with van der Waals surface area (Å²) in [5.41, 5.74) is 6.24. The highest BCUT2D eigenvalue weighted by atomic mass is 16.5. The maximum absolute atomic E-state index is 6.63. The van der Waals surface area contributed by atoms with Crippen molar-refractivity contribution in [3.05, 3.63) is 89.5 Å². The smallest absolute Gasteiger partial charge is 0.160 e. The van der Waals surface area contributed by atoms with Gasteiger partial charge >= 0.3 is 0 Å². The number of hydrogen-bond acceptors (Lipinski definition) is 1. The van der Waals surface area contributed by atoms with E-state index in [9.17, 15) is 0 Å². The molecule has 1 aliphatic heterocycles. The van der Waals surface area contributed by atoms with E-state index in [0.29, 0.717) is 0 Å². The van der Waals surface area contributed by atoms with Gasteiger partial charge in [-0.1, -0.05) is 66.7 Å². The molecule has 5 rings (SSSR count). The van der Waals surface area contributed by atoms with Crippen molar-refractivity contribution in [2.75, 3.05) is 0 Å². The van der Waals surface area contributed by atoms with E-state index in [1.165, 1.54) is 27.8 Å². The standard InChI is InChI=1S/C21H16O/c1-4-10-18-15(7-1)13-14-21(18)19-11-5-2-8-16(19)17-9-3-6-12-20(17)22-21/h1-12H,13-14H2/t21-/m1/s1. The molecule has 1 nitrogen and oxygen atoms in total. The number of para-hydroxylation sites is 1. The van der Waals surface area contributed by atoms with Gasteiger partial charge in [-0.25, -0.2) is 0 Å². The number of ether oxygens (including phenoxy) is 1. The molecule has 1 heterocycles. The molecule has 2 aliphatic rings. The molecule has 0 fully saturated rings. The first-order valence-corrected chi connectivity index (χ1v) is 7.85. The van der Waals surface area contributed by atoms with Crippen molar-refractivity contribution in [3.8, 4) is 16.9 Å². The number of rotatable bonds is 0. The van der Waals surface area contributed by atoms with Gasteiger partial charge in [-0.15, -0.1) is 0 Å². The molecule has 1 heteroatoms. The minimum atomic E-state index is -0.318. The molecule has 22 heavy (non-hydrogen) atoms. The van der Waals surface area contributed by atoms with Gasteiger partial charge in [0.2, 0.25) is 0 Å². The summed E-state index contributed by atoms with van der Waals surface area (Å²) in [4.78, 5) is 0. The Morgan fingerprint density at radius 2 is 1.36 bits per heavy atom. The normalized spacial score (nSPS) is 20.9. The second-order valence-corrected chi connectivity index (χ2v) is 6.13. The van der Waals surface area contributed by atoms with Crippen LogP contribution in [0.4, 0.5) is 0 Å². The van der Waals surface area contributed by atoms with Gasteiger partial charge in [0.1, 0.15) is 5.75 Å². The average Bonchev–Trinajstić information content (AvgIpc) is 2.95. The zero-order valence-electron chi connectivity index (χ0n) is 12.3. The van der Waals surface area contributed by atoms with Crippen molar-refractivity contribution in [1.29, 1.82) is 0 Å². The van der Waals surface area contributed by atoms with Gasteiger partial charge in [0, 0.05) is 16.7 Å². The second kappa shape index (κ2) is 4.23. The third-order valence-corrected chi connectivity index (χ3v) is 5.02. The summed E-state index contributed by atoms with van der Waals surface area (Å²) in [7, 11) is 0. The maximum Gasteiger partial charge on any atom is 0.160 e. The molecule has 0 bridgehead atoms. The Morgan fingerprint density at radius 1 is 0.682 bits per heavy atom. The Labute approximate surface area is 130 Å². The average molecular weight is 284 g/mol. The van der Waals surface area contributed by atoms with Crippen LogP contribution in [0.25, 0.3) is 11.1 Å². The lowest BCUT2D eigenvalue weighted by atomic mass is 9.80. The molecule has 0 unspecified atom stereocenters. The van der Waals surface area contributed by atoms with Crippen LogP contribution in [-0.4, -0.2) is 0 Å². The summed E-state index contributed by atoms with van der Waals surface area (Å²) in [6, 6.07) is 25.8. The van der Waals surface area contributed by atoms with E-state index >= 15 is 0 Å². The third-order valence-electron chi connectivity index (χ3n) is 5.02. The zero-order valence-corrected chi connectivity index (χ0v) is 12.3. The molecule has 0 saturated heterocycles. The van der Waals surface area contributed by atoms with Crippen molar-refractivity contribution in [3.63, 3.8) is 0 Å². The lowest BCUT2D eigenvalue weighted by molar-refractivity contribution is 0.109. The molecule has 1 aliphatic carbocycles. The minimum Gasteiger partial charge on any atom is -0.477 e. The fraction of sp³-hybridized carbons (Fsp3) is 0.143. The lowest BCUT2D eigenvalue weighted by Crippen LogP contribution is -2.35. The Hall–Kier alpha value is -2.54. The molecule has 1 spiro atoms. The highest BCUT2D eigenvalue weighted by Crippen LogP contribution is 2.53. The fourth-order valence-corrected chi connectivity index (χ4v) is 4.05. The summed E-state index contributed by atoms with van der Waals surface area (Å²) >= 11 is 0. The predicted molar refractivity (Wildman–Crippen MR) is 88.0 cm³/mol. The van der Waals surface area contributed by atoms with Crippen LogP contribution < -0.4 is 4.74 Å². The number of hydrogen-bond donors (Lipinski definition) is 0. The van der Waals surface area contributed by atoms with Crippen LogP contribution >= 0.6 is 0 Å². The van der Waals surface area contributed by atoms with Crippen LogP contribution in [0.15, 0.2) is 72.8 Å². The first kappa shape index (κ1) is 12.0. The van der Waals surface area contributed by atoms with E-state index in [1.54, 1.807) is 0 Å². The van der Waals surface area contributed by atoms with Crippen LogP contribution in [0.2, 0.25) is 0 Å². The van der Waals surface area contributed by atoms with E-state index in [0.717, 1.165) is 18.6 Å². The third kappa shape index (κ3) is 1.43. The first-order valence-electron chi connectivity index (χ1n) is 7.85. The number of aryl methyl sites for hydroxylation is 1. The topological polar surface area (TPSA) is 9.23 Å². The predicted octanol–water partition coefficient (Wildman–Crippen LogP) is 4.94. The molecule has 0 saturated carbocycles. The van der Waals surface area contributed by atoms with Gasteiger partial charge in [0.25, 0.3) is 0 Å². The maximum atomic E-state index is 6.63. The fourth-order valence-electron chi connectivity index (χ4n) is 4.05. The molecule has 3 aromatic carbocycles. The van der Waals surface area contributed by atoms with Crippen LogP contribution in [0.5, 0.6) is 5.75 Å².